The van der Waals surface area contributed by atoms with Gasteiger partial charge in [-0.3, -0.25) is 0 Å². The molecule has 0 unspecified atom stereocenters. The lowest BCUT2D eigenvalue weighted by molar-refractivity contribution is 0.747. The minimum Gasteiger partial charge on any atom is -0.187 e. The topological polar surface area (TPSA) is 43.6 Å². The third kappa shape index (κ3) is 3.20. The zero-order chi connectivity index (χ0) is 14.8. The predicted molar refractivity (Wildman–Crippen MR) is 90.2 cm³/mol. The lowest BCUT2D eigenvalue weighted by Crippen LogP contribution is -2.03. The normalized spacial score (nSPS) is 11.0. The lowest BCUT2D eigenvalue weighted by atomic mass is 10.1. The summed E-state index contributed by atoms with van der Waals surface area (Å²) in [6, 6.07) is 10.4. The number of para-hydroxylation sites is 1. The Kier molecular flexibility index (Phi) is 4.42. The summed E-state index contributed by atoms with van der Waals surface area (Å²) in [5.74, 6) is 0.863. The molecule has 2 heterocycles. The summed E-state index contributed by atoms with van der Waals surface area (Å²) in [7, 11) is 0. The average molecular weight is 381 g/mol. The molecule has 0 fully saturated rings. The maximum Gasteiger partial charge on any atom is 0.214 e. The van der Waals surface area contributed by atoms with Crippen molar-refractivity contribution < 1.29 is 0 Å². The van der Waals surface area contributed by atoms with Crippen LogP contribution in [0.3, 0.4) is 0 Å². The highest BCUT2D eigenvalue weighted by atomic mass is 79.9. The van der Waals surface area contributed by atoms with E-state index in [2.05, 4.69) is 75.6 Å². The Morgan fingerprint density at radius 2 is 1.95 bits per heavy atom. The van der Waals surface area contributed by atoms with Crippen LogP contribution < -0.4 is 0 Å². The van der Waals surface area contributed by atoms with Gasteiger partial charge in [-0.05, 0) is 63.5 Å². The molecular formula is C14H13BrN4S2. The second-order valence-electron chi connectivity index (χ2n) is 4.61. The molecule has 0 saturated heterocycles. The van der Waals surface area contributed by atoms with Crippen molar-refractivity contribution in [1.29, 1.82) is 0 Å². The van der Waals surface area contributed by atoms with E-state index < -0.39 is 0 Å². The maximum absolute atomic E-state index is 4.15. The number of nitrogens with zero attached hydrogens (tertiary/aromatic N) is 4. The molecule has 0 radical (unpaired) electrons. The van der Waals surface area contributed by atoms with E-state index in [0.717, 1.165) is 20.4 Å². The fraction of sp³-hybridized carbons (Fsp3) is 0.214. The molecule has 3 rings (SSSR count). The van der Waals surface area contributed by atoms with Gasteiger partial charge >= 0.3 is 0 Å². The highest BCUT2D eigenvalue weighted by molar-refractivity contribution is 9.11. The van der Waals surface area contributed by atoms with E-state index in [1.807, 2.05) is 4.68 Å². The van der Waals surface area contributed by atoms with Gasteiger partial charge in [-0.2, -0.15) is 4.68 Å². The Bertz CT molecular complexity index is 746. The molecule has 108 valence electrons. The highest BCUT2D eigenvalue weighted by Crippen LogP contribution is 2.29. The summed E-state index contributed by atoms with van der Waals surface area (Å²) in [6.45, 7) is 4.16. The van der Waals surface area contributed by atoms with Crippen LogP contribution in [0.25, 0.3) is 5.69 Å². The Balaban J connectivity index is 1.87. The quantitative estimate of drug-likeness (QED) is 0.629. The van der Waals surface area contributed by atoms with Crippen molar-refractivity contribution in [2.75, 3.05) is 0 Å². The molecule has 3 aromatic rings. The first kappa shape index (κ1) is 14.7. The van der Waals surface area contributed by atoms with Crippen LogP contribution in [0.5, 0.6) is 0 Å². The molecule has 2 aromatic heterocycles. The van der Waals surface area contributed by atoms with E-state index in [4.69, 9.17) is 0 Å². The fourth-order valence-electron chi connectivity index (χ4n) is 2.11. The van der Waals surface area contributed by atoms with Crippen molar-refractivity contribution in [2.45, 2.75) is 24.8 Å². The number of aromatic nitrogens is 4. The van der Waals surface area contributed by atoms with Crippen LogP contribution in [-0.4, -0.2) is 20.2 Å². The number of thioether (sulfide) groups is 1. The van der Waals surface area contributed by atoms with Crippen molar-refractivity contribution in [2.24, 2.45) is 0 Å². The van der Waals surface area contributed by atoms with Gasteiger partial charge in [-0.25, -0.2) is 0 Å². The summed E-state index contributed by atoms with van der Waals surface area (Å²) in [5.41, 5.74) is 3.41. The largest absolute Gasteiger partial charge is 0.214 e. The maximum atomic E-state index is 4.15. The predicted octanol–water partition coefficient (Wildman–Crippen LogP) is 4.40. The van der Waals surface area contributed by atoms with Crippen LogP contribution in [0.1, 0.15) is 16.0 Å². The summed E-state index contributed by atoms with van der Waals surface area (Å²) < 4.78 is 2.98. The molecule has 0 bridgehead atoms. The third-order valence-corrected chi connectivity index (χ3v) is 5.84. The summed E-state index contributed by atoms with van der Waals surface area (Å²) in [4.78, 5) is 1.29. The fourth-order valence-corrected chi connectivity index (χ4v) is 4.52. The zero-order valence-corrected chi connectivity index (χ0v) is 14.8. The molecule has 0 aliphatic carbocycles. The van der Waals surface area contributed by atoms with Crippen molar-refractivity contribution >= 4 is 39.0 Å². The summed E-state index contributed by atoms with van der Waals surface area (Å²) in [5, 5.41) is 13.0. The molecule has 0 aliphatic heterocycles. The zero-order valence-electron chi connectivity index (χ0n) is 11.6. The van der Waals surface area contributed by atoms with E-state index in [-0.39, 0.29) is 0 Å². The molecule has 0 N–H and O–H groups in total. The van der Waals surface area contributed by atoms with Gasteiger partial charge < -0.3 is 0 Å². The van der Waals surface area contributed by atoms with Gasteiger partial charge in [-0.15, -0.1) is 16.4 Å². The first-order chi connectivity index (χ1) is 10.1. The number of benzene rings is 1. The molecule has 4 nitrogen and oxygen atoms in total. The van der Waals surface area contributed by atoms with E-state index >= 15 is 0 Å². The number of thiophene rings is 1. The van der Waals surface area contributed by atoms with Gasteiger partial charge in [-0.1, -0.05) is 30.0 Å². The number of hydrogen-bond donors (Lipinski definition) is 0. The SMILES string of the molecule is Cc1cccc(C)c1-n1nnnc1SCc1ccc(Br)s1. The van der Waals surface area contributed by atoms with Crippen LogP contribution >= 0.6 is 39.0 Å². The molecule has 0 aliphatic rings. The molecule has 0 amide bonds. The molecule has 21 heavy (non-hydrogen) atoms. The summed E-state index contributed by atoms with van der Waals surface area (Å²) >= 11 is 6.87. The Morgan fingerprint density at radius 3 is 2.62 bits per heavy atom. The smallest absolute Gasteiger partial charge is 0.187 e. The molecule has 0 atom stereocenters. The molecule has 1 aromatic carbocycles. The van der Waals surface area contributed by atoms with Crippen LogP contribution in [0.15, 0.2) is 39.3 Å². The number of aryl methyl sites for hydroxylation is 2. The van der Waals surface area contributed by atoms with Crippen LogP contribution in [0, 0.1) is 13.8 Å². The van der Waals surface area contributed by atoms with Crippen LogP contribution in [0.2, 0.25) is 0 Å². The Labute approximate surface area is 139 Å². The van der Waals surface area contributed by atoms with Gasteiger partial charge in [0.1, 0.15) is 0 Å². The van der Waals surface area contributed by atoms with Gasteiger partial charge in [0.15, 0.2) is 0 Å². The van der Waals surface area contributed by atoms with Gasteiger partial charge in [0.25, 0.3) is 0 Å². The van der Waals surface area contributed by atoms with E-state index in [1.54, 1.807) is 23.1 Å². The van der Waals surface area contributed by atoms with E-state index in [9.17, 15) is 0 Å². The number of hydrogen-bond acceptors (Lipinski definition) is 5. The Morgan fingerprint density at radius 1 is 1.19 bits per heavy atom. The minimum absolute atomic E-state index is 0.817. The monoisotopic (exact) mass is 380 g/mol. The van der Waals surface area contributed by atoms with Crippen molar-refractivity contribution in [1.82, 2.24) is 20.2 Å². The first-order valence-corrected chi connectivity index (χ1v) is 8.96. The second-order valence-corrected chi connectivity index (χ2v) is 8.10. The van der Waals surface area contributed by atoms with Gasteiger partial charge in [0.05, 0.1) is 9.47 Å². The number of rotatable bonds is 4. The van der Waals surface area contributed by atoms with E-state index in [0.29, 0.717) is 0 Å². The van der Waals surface area contributed by atoms with Crippen molar-refractivity contribution in [3.63, 3.8) is 0 Å². The summed E-state index contributed by atoms with van der Waals surface area (Å²) in [6.07, 6.45) is 0. The van der Waals surface area contributed by atoms with Crippen LogP contribution in [0.4, 0.5) is 0 Å². The van der Waals surface area contributed by atoms with Crippen LogP contribution in [-0.2, 0) is 5.75 Å². The number of halogens is 1. The third-order valence-electron chi connectivity index (χ3n) is 3.06. The van der Waals surface area contributed by atoms with Gasteiger partial charge in [0.2, 0.25) is 5.16 Å². The molecule has 0 spiro atoms. The molecule has 7 heteroatoms. The first-order valence-electron chi connectivity index (χ1n) is 6.37. The average Bonchev–Trinajstić information content (AvgIpc) is 3.05. The standard InChI is InChI=1S/C14H13BrN4S2/c1-9-4-3-5-10(2)13(9)19-14(16-17-18-19)20-8-11-6-7-12(15)21-11/h3-7H,8H2,1-2H3. The minimum atomic E-state index is 0.817. The van der Waals surface area contributed by atoms with Crippen molar-refractivity contribution in [3.05, 3.63) is 50.1 Å². The van der Waals surface area contributed by atoms with Gasteiger partial charge in [0, 0.05) is 10.6 Å². The lowest BCUT2D eigenvalue weighted by Gasteiger charge is -2.10. The highest BCUT2D eigenvalue weighted by Gasteiger charge is 2.13. The van der Waals surface area contributed by atoms with Crippen molar-refractivity contribution in [3.8, 4) is 5.69 Å². The Hall–Kier alpha value is -1.18. The number of tetrazole rings is 1. The second kappa shape index (κ2) is 6.29. The molecular weight excluding hydrogens is 368 g/mol. The van der Waals surface area contributed by atoms with E-state index in [1.165, 1.54) is 16.0 Å². The molecule has 0 saturated carbocycles.